The van der Waals surface area contributed by atoms with Gasteiger partial charge in [0.25, 0.3) is 0 Å². The van der Waals surface area contributed by atoms with Crippen LogP contribution in [0.3, 0.4) is 0 Å². The van der Waals surface area contributed by atoms with E-state index in [-0.39, 0.29) is 5.02 Å². The van der Waals surface area contributed by atoms with E-state index in [1.807, 2.05) is 7.05 Å². The van der Waals surface area contributed by atoms with Gasteiger partial charge in [-0.15, -0.1) is 5.10 Å². The van der Waals surface area contributed by atoms with E-state index in [0.29, 0.717) is 23.4 Å². The molecule has 1 fully saturated rings. The Labute approximate surface area is 127 Å². The van der Waals surface area contributed by atoms with Gasteiger partial charge in [-0.25, -0.2) is 4.39 Å². The summed E-state index contributed by atoms with van der Waals surface area (Å²) in [5, 5.41) is 10.4. The van der Waals surface area contributed by atoms with Crippen LogP contribution < -0.4 is 10.2 Å². The summed E-state index contributed by atoms with van der Waals surface area (Å²) in [7, 11) is 1.98. The number of nitrogens with zero attached hydrogens (tertiary/aromatic N) is 3. The summed E-state index contributed by atoms with van der Waals surface area (Å²) in [6.07, 6.45) is 2.11. The van der Waals surface area contributed by atoms with E-state index in [0.717, 1.165) is 25.9 Å². The molecule has 7 heteroatoms. The maximum Gasteiger partial charge on any atom is 0.245 e. The average Bonchev–Trinajstić information content (AvgIpc) is 3.00. The van der Waals surface area contributed by atoms with Gasteiger partial charge in [0, 0.05) is 24.7 Å². The van der Waals surface area contributed by atoms with Crippen molar-refractivity contribution in [3.63, 3.8) is 0 Å². The highest BCUT2D eigenvalue weighted by atomic mass is 35.5. The van der Waals surface area contributed by atoms with Crippen LogP contribution >= 0.6 is 11.6 Å². The van der Waals surface area contributed by atoms with Crippen molar-refractivity contribution in [1.29, 1.82) is 0 Å². The normalized spacial score (nSPS) is 16.4. The third-order valence-electron chi connectivity index (χ3n) is 3.87. The van der Waals surface area contributed by atoms with Gasteiger partial charge in [-0.05, 0) is 32.0 Å². The second kappa shape index (κ2) is 5.99. The lowest BCUT2D eigenvalue weighted by molar-refractivity contribution is 0.439. The van der Waals surface area contributed by atoms with Crippen molar-refractivity contribution in [2.45, 2.75) is 18.9 Å². The fourth-order valence-electron chi connectivity index (χ4n) is 2.57. The summed E-state index contributed by atoms with van der Waals surface area (Å²) in [4.78, 5) is 6.57. The minimum atomic E-state index is -0.457. The number of halogens is 2. The highest BCUT2D eigenvalue weighted by Crippen LogP contribution is 2.28. The number of anilines is 1. The van der Waals surface area contributed by atoms with E-state index in [1.54, 1.807) is 12.1 Å². The van der Waals surface area contributed by atoms with Crippen molar-refractivity contribution in [2.24, 2.45) is 0 Å². The third-order valence-corrected chi connectivity index (χ3v) is 4.25. The standard InChI is InChI=1S/C14H17ClFN5/c1-17-9-5-7-21(8-6-9)14-18-13(19-20-14)10-3-2-4-11(16)12(10)15/h2-4,9,17H,5-8H2,1H3,(H,18,19,20). The predicted octanol–water partition coefficient (Wildman–Crippen LogP) is 2.45. The molecule has 1 aromatic carbocycles. The zero-order valence-electron chi connectivity index (χ0n) is 11.7. The van der Waals surface area contributed by atoms with Gasteiger partial charge in [-0.1, -0.05) is 17.7 Å². The molecule has 112 valence electrons. The third kappa shape index (κ3) is 2.87. The first-order chi connectivity index (χ1) is 10.2. The van der Waals surface area contributed by atoms with Gasteiger partial charge < -0.3 is 10.2 Å². The first kappa shape index (κ1) is 14.3. The maximum absolute atomic E-state index is 13.5. The van der Waals surface area contributed by atoms with Crippen LogP contribution in [0.25, 0.3) is 11.4 Å². The number of hydrogen-bond acceptors (Lipinski definition) is 4. The van der Waals surface area contributed by atoms with Crippen LogP contribution in [0.2, 0.25) is 5.02 Å². The molecule has 0 spiro atoms. The van der Waals surface area contributed by atoms with E-state index in [1.165, 1.54) is 6.07 Å². The lowest BCUT2D eigenvalue weighted by atomic mass is 10.1. The molecule has 0 aliphatic carbocycles. The monoisotopic (exact) mass is 309 g/mol. The Morgan fingerprint density at radius 1 is 1.38 bits per heavy atom. The Balaban J connectivity index is 1.79. The van der Waals surface area contributed by atoms with Crippen LogP contribution in [0.5, 0.6) is 0 Å². The van der Waals surface area contributed by atoms with Gasteiger partial charge in [0.15, 0.2) is 5.82 Å². The summed E-state index contributed by atoms with van der Waals surface area (Å²) in [5.74, 6) is 0.673. The lowest BCUT2D eigenvalue weighted by Gasteiger charge is -2.30. The molecule has 3 rings (SSSR count). The summed E-state index contributed by atoms with van der Waals surface area (Å²) in [6.45, 7) is 1.80. The largest absolute Gasteiger partial charge is 0.339 e. The van der Waals surface area contributed by atoms with E-state index in [2.05, 4.69) is 25.4 Å². The van der Waals surface area contributed by atoms with E-state index >= 15 is 0 Å². The SMILES string of the molecule is CNC1CCN(c2n[nH]c(-c3cccc(F)c3Cl)n2)CC1. The molecule has 5 nitrogen and oxygen atoms in total. The van der Waals surface area contributed by atoms with Crippen molar-refractivity contribution in [1.82, 2.24) is 20.5 Å². The summed E-state index contributed by atoms with van der Waals surface area (Å²) < 4.78 is 13.5. The molecule has 21 heavy (non-hydrogen) atoms. The van der Waals surface area contributed by atoms with Crippen LogP contribution in [0.1, 0.15) is 12.8 Å². The molecule has 2 N–H and O–H groups in total. The number of benzene rings is 1. The molecule has 0 atom stereocenters. The Morgan fingerprint density at radius 2 is 2.14 bits per heavy atom. The molecule has 2 aromatic rings. The number of piperidine rings is 1. The van der Waals surface area contributed by atoms with Gasteiger partial charge in [0.2, 0.25) is 5.95 Å². The zero-order valence-corrected chi connectivity index (χ0v) is 12.5. The van der Waals surface area contributed by atoms with Crippen molar-refractivity contribution in [3.05, 3.63) is 29.0 Å². The molecule has 1 aromatic heterocycles. The molecule has 0 unspecified atom stereocenters. The molecule has 2 heterocycles. The van der Waals surface area contributed by atoms with Gasteiger partial charge in [-0.2, -0.15) is 4.98 Å². The first-order valence-corrected chi connectivity index (χ1v) is 7.36. The van der Waals surface area contributed by atoms with Crippen LogP contribution in [-0.2, 0) is 0 Å². The first-order valence-electron chi connectivity index (χ1n) is 6.98. The molecule has 0 bridgehead atoms. The summed E-state index contributed by atoms with van der Waals surface area (Å²) in [6, 6.07) is 5.21. The van der Waals surface area contributed by atoms with Gasteiger partial charge in [0.1, 0.15) is 5.82 Å². The van der Waals surface area contributed by atoms with Gasteiger partial charge in [0.05, 0.1) is 5.02 Å². The Morgan fingerprint density at radius 3 is 2.86 bits per heavy atom. The molecule has 0 radical (unpaired) electrons. The quantitative estimate of drug-likeness (QED) is 0.914. The van der Waals surface area contributed by atoms with Crippen LogP contribution in [-0.4, -0.2) is 41.4 Å². The van der Waals surface area contributed by atoms with Crippen molar-refractivity contribution >= 4 is 17.5 Å². The van der Waals surface area contributed by atoms with Gasteiger partial charge >= 0.3 is 0 Å². The van der Waals surface area contributed by atoms with E-state index in [9.17, 15) is 4.39 Å². The lowest BCUT2D eigenvalue weighted by Crippen LogP contribution is -2.41. The van der Waals surface area contributed by atoms with Crippen molar-refractivity contribution < 1.29 is 4.39 Å². The minimum Gasteiger partial charge on any atom is -0.339 e. The fourth-order valence-corrected chi connectivity index (χ4v) is 2.79. The topological polar surface area (TPSA) is 56.8 Å². The van der Waals surface area contributed by atoms with Crippen LogP contribution in [0.15, 0.2) is 18.2 Å². The average molecular weight is 310 g/mol. The molecular formula is C14H17ClFN5. The van der Waals surface area contributed by atoms with Crippen molar-refractivity contribution in [3.8, 4) is 11.4 Å². The zero-order chi connectivity index (χ0) is 14.8. The number of rotatable bonds is 3. The van der Waals surface area contributed by atoms with Crippen LogP contribution in [0, 0.1) is 5.82 Å². The molecule has 1 aliphatic rings. The molecule has 1 aliphatic heterocycles. The minimum absolute atomic E-state index is 0.0640. The smallest absolute Gasteiger partial charge is 0.245 e. The Kier molecular flexibility index (Phi) is 4.07. The second-order valence-corrected chi connectivity index (χ2v) is 5.51. The maximum atomic E-state index is 13.5. The highest BCUT2D eigenvalue weighted by Gasteiger charge is 2.21. The number of aromatic nitrogens is 3. The Bertz CT molecular complexity index is 622. The summed E-state index contributed by atoms with van der Waals surface area (Å²) >= 11 is 5.98. The highest BCUT2D eigenvalue weighted by molar-refractivity contribution is 6.33. The number of aromatic amines is 1. The molecule has 1 saturated heterocycles. The second-order valence-electron chi connectivity index (χ2n) is 5.14. The van der Waals surface area contributed by atoms with Crippen molar-refractivity contribution in [2.75, 3.05) is 25.0 Å². The molecule has 0 saturated carbocycles. The number of nitrogens with one attached hydrogen (secondary N) is 2. The molecular weight excluding hydrogens is 293 g/mol. The van der Waals surface area contributed by atoms with Crippen LogP contribution in [0.4, 0.5) is 10.3 Å². The summed E-state index contributed by atoms with van der Waals surface area (Å²) in [5.41, 5.74) is 0.528. The number of hydrogen-bond donors (Lipinski definition) is 2. The Hall–Kier alpha value is -1.66. The van der Waals surface area contributed by atoms with Gasteiger partial charge in [-0.3, -0.25) is 5.10 Å². The van der Waals surface area contributed by atoms with E-state index in [4.69, 9.17) is 11.6 Å². The predicted molar refractivity (Wildman–Crippen MR) is 81.1 cm³/mol. The van der Waals surface area contributed by atoms with E-state index < -0.39 is 5.82 Å². The fraction of sp³-hybridized carbons (Fsp3) is 0.429. The molecule has 0 amide bonds. The number of H-pyrrole nitrogens is 1.